The quantitative estimate of drug-likeness (QED) is 0.600. The number of furan rings is 1. The normalized spacial score (nSPS) is 11.4. The minimum Gasteiger partial charge on any atom is -0.493 e. The summed E-state index contributed by atoms with van der Waals surface area (Å²) in [6.07, 6.45) is 1.48. The summed E-state index contributed by atoms with van der Waals surface area (Å²) in [5.74, 6) is -0.320. The summed E-state index contributed by atoms with van der Waals surface area (Å²) in [5, 5.41) is 12.9. The zero-order valence-electron chi connectivity index (χ0n) is 15.8. The molecular weight excluding hydrogens is 362 g/mol. The zero-order valence-corrected chi connectivity index (χ0v) is 15.8. The molecule has 0 aliphatic heterocycles. The topological polar surface area (TPSA) is 128 Å². The molecule has 0 radical (unpaired) electrons. The van der Waals surface area contributed by atoms with Gasteiger partial charge in [0.05, 0.1) is 11.1 Å². The van der Waals surface area contributed by atoms with Crippen molar-refractivity contribution in [2.45, 2.75) is 32.9 Å². The Morgan fingerprint density at radius 2 is 2.07 bits per heavy atom. The third-order valence-electron chi connectivity index (χ3n) is 4.37. The van der Waals surface area contributed by atoms with E-state index in [0.29, 0.717) is 33.6 Å². The monoisotopic (exact) mass is 383 g/mol. The number of carbonyl (C=O) groups is 2. The highest BCUT2D eigenvalue weighted by Crippen LogP contribution is 2.30. The summed E-state index contributed by atoms with van der Waals surface area (Å²) in [7, 11) is 0. The van der Waals surface area contributed by atoms with Crippen LogP contribution in [-0.2, 0) is 11.4 Å². The highest BCUT2D eigenvalue weighted by molar-refractivity contribution is 6.09. The maximum absolute atomic E-state index is 12.7. The number of ether oxygens (including phenoxy) is 1. The summed E-state index contributed by atoms with van der Waals surface area (Å²) in [5.41, 5.74) is 5.47. The van der Waals surface area contributed by atoms with Crippen molar-refractivity contribution < 1.29 is 23.8 Å². The Morgan fingerprint density at radius 3 is 2.75 bits per heavy atom. The molecule has 8 heteroatoms. The third kappa shape index (κ3) is 3.75. The number of nitrogens with zero attached hydrogens (tertiary/aromatic N) is 1. The number of hydrogen-bond acceptors (Lipinski definition) is 6. The molecule has 0 bridgehead atoms. The molecule has 0 aliphatic carbocycles. The van der Waals surface area contributed by atoms with Crippen LogP contribution in [0.1, 0.15) is 35.5 Å². The number of aromatic hydroxyl groups is 1. The number of rotatable bonds is 6. The summed E-state index contributed by atoms with van der Waals surface area (Å²) in [6, 6.07) is 8.47. The molecule has 0 saturated carbocycles. The van der Waals surface area contributed by atoms with Crippen molar-refractivity contribution in [1.82, 2.24) is 10.3 Å². The number of nitrogens with two attached hydrogens (primary N) is 1. The van der Waals surface area contributed by atoms with Gasteiger partial charge >= 0.3 is 0 Å². The van der Waals surface area contributed by atoms with Gasteiger partial charge < -0.3 is 25.3 Å². The number of carbonyl (C=O) groups excluding carboxylic acids is 2. The number of benzene rings is 1. The Labute approximate surface area is 161 Å². The number of aryl methyl sites for hydroxylation is 1. The Morgan fingerprint density at radius 1 is 1.32 bits per heavy atom. The second-order valence-electron chi connectivity index (χ2n) is 6.91. The summed E-state index contributed by atoms with van der Waals surface area (Å²) >= 11 is 0. The molecule has 0 atom stereocenters. The lowest BCUT2D eigenvalue weighted by Crippen LogP contribution is -2.53. The standard InChI is InChI=1S/C20H21N3O5/c1-11-16(18(25)23-20(2,3)19(21)26)14-9-13(6-7-15(14)28-11)27-10-12-5-4-8-22-17(12)24/h4-9H,10H2,1-3H3,(H2,21,26)(H,22,24)(H,23,25). The van der Waals surface area contributed by atoms with Gasteiger partial charge in [0.1, 0.15) is 29.2 Å². The van der Waals surface area contributed by atoms with Gasteiger partial charge in [-0.15, -0.1) is 0 Å². The van der Waals surface area contributed by atoms with Crippen molar-refractivity contribution in [2.75, 3.05) is 0 Å². The van der Waals surface area contributed by atoms with E-state index in [0.717, 1.165) is 0 Å². The van der Waals surface area contributed by atoms with Gasteiger partial charge in [0.15, 0.2) is 0 Å². The molecular formula is C20H21N3O5. The summed E-state index contributed by atoms with van der Waals surface area (Å²) in [6.45, 7) is 4.83. The molecule has 146 valence electrons. The van der Waals surface area contributed by atoms with Gasteiger partial charge in [0, 0.05) is 11.6 Å². The first-order chi connectivity index (χ1) is 13.2. The van der Waals surface area contributed by atoms with Crippen LogP contribution in [0.4, 0.5) is 0 Å². The molecule has 2 amide bonds. The average Bonchev–Trinajstić information content (AvgIpc) is 2.95. The van der Waals surface area contributed by atoms with E-state index in [4.69, 9.17) is 14.9 Å². The lowest BCUT2D eigenvalue weighted by molar-refractivity contribution is -0.122. The first-order valence-electron chi connectivity index (χ1n) is 8.60. The predicted molar refractivity (Wildman–Crippen MR) is 102 cm³/mol. The number of amides is 2. The van der Waals surface area contributed by atoms with Crippen LogP contribution in [0.5, 0.6) is 11.6 Å². The molecule has 0 unspecified atom stereocenters. The molecule has 0 fully saturated rings. The van der Waals surface area contributed by atoms with Gasteiger partial charge in [-0.05, 0) is 51.1 Å². The smallest absolute Gasteiger partial charge is 0.256 e. The van der Waals surface area contributed by atoms with E-state index in [1.165, 1.54) is 20.0 Å². The molecule has 2 aromatic heterocycles. The number of fused-ring (bicyclic) bond motifs is 1. The van der Waals surface area contributed by atoms with Crippen LogP contribution in [0, 0.1) is 6.92 Å². The van der Waals surface area contributed by atoms with Crippen molar-refractivity contribution in [3.05, 3.63) is 53.4 Å². The number of hydrogen-bond donors (Lipinski definition) is 3. The Kier molecular flexibility index (Phi) is 4.96. The van der Waals surface area contributed by atoms with Crippen molar-refractivity contribution in [1.29, 1.82) is 0 Å². The molecule has 2 heterocycles. The molecule has 1 aromatic carbocycles. The van der Waals surface area contributed by atoms with E-state index in [1.54, 1.807) is 37.3 Å². The van der Waals surface area contributed by atoms with Crippen LogP contribution < -0.4 is 15.8 Å². The van der Waals surface area contributed by atoms with Gasteiger partial charge in [0.2, 0.25) is 11.8 Å². The average molecular weight is 383 g/mol. The maximum Gasteiger partial charge on any atom is 0.256 e. The van der Waals surface area contributed by atoms with Crippen LogP contribution >= 0.6 is 0 Å². The number of pyridine rings is 1. The Balaban J connectivity index is 1.89. The van der Waals surface area contributed by atoms with Crippen molar-refractivity contribution in [3.63, 3.8) is 0 Å². The Bertz CT molecular complexity index is 1060. The van der Waals surface area contributed by atoms with Gasteiger partial charge in [-0.2, -0.15) is 0 Å². The van der Waals surface area contributed by atoms with Crippen LogP contribution in [0.15, 0.2) is 40.9 Å². The van der Waals surface area contributed by atoms with Crippen LogP contribution in [0.2, 0.25) is 0 Å². The molecule has 4 N–H and O–H groups in total. The maximum atomic E-state index is 12.7. The minimum atomic E-state index is -1.21. The van der Waals surface area contributed by atoms with E-state index in [9.17, 15) is 14.7 Å². The van der Waals surface area contributed by atoms with Crippen molar-refractivity contribution in [2.24, 2.45) is 5.73 Å². The minimum absolute atomic E-state index is 0.100. The SMILES string of the molecule is Cc1oc2ccc(OCc3cccnc3O)cc2c1C(=O)NC(C)(C)C(N)=O. The third-order valence-corrected chi connectivity index (χ3v) is 4.37. The summed E-state index contributed by atoms with van der Waals surface area (Å²) < 4.78 is 11.4. The van der Waals surface area contributed by atoms with E-state index in [-0.39, 0.29) is 12.5 Å². The van der Waals surface area contributed by atoms with E-state index < -0.39 is 17.4 Å². The van der Waals surface area contributed by atoms with Crippen molar-refractivity contribution in [3.8, 4) is 11.6 Å². The zero-order chi connectivity index (χ0) is 20.5. The van der Waals surface area contributed by atoms with Crippen molar-refractivity contribution >= 4 is 22.8 Å². The molecule has 3 rings (SSSR count). The lowest BCUT2D eigenvalue weighted by atomic mass is 10.0. The molecule has 3 aromatic rings. The fourth-order valence-corrected chi connectivity index (χ4v) is 2.68. The highest BCUT2D eigenvalue weighted by Gasteiger charge is 2.29. The van der Waals surface area contributed by atoms with Gasteiger partial charge in [-0.25, -0.2) is 4.98 Å². The van der Waals surface area contributed by atoms with Gasteiger partial charge in [0.25, 0.3) is 5.91 Å². The van der Waals surface area contributed by atoms with E-state index >= 15 is 0 Å². The molecule has 28 heavy (non-hydrogen) atoms. The molecule has 0 aliphatic rings. The fourth-order valence-electron chi connectivity index (χ4n) is 2.68. The van der Waals surface area contributed by atoms with Gasteiger partial charge in [-0.1, -0.05) is 0 Å². The molecule has 0 saturated heterocycles. The molecule has 8 nitrogen and oxygen atoms in total. The first-order valence-corrected chi connectivity index (χ1v) is 8.60. The number of aromatic nitrogens is 1. The fraction of sp³-hybridized carbons (Fsp3) is 0.250. The second kappa shape index (κ2) is 7.22. The number of primary amides is 1. The van der Waals surface area contributed by atoms with E-state index in [1.807, 2.05) is 0 Å². The lowest BCUT2D eigenvalue weighted by Gasteiger charge is -2.22. The Hall–Kier alpha value is -3.55. The predicted octanol–water partition coefficient (Wildman–Crippen LogP) is 2.41. The van der Waals surface area contributed by atoms with E-state index in [2.05, 4.69) is 10.3 Å². The molecule has 0 spiro atoms. The van der Waals surface area contributed by atoms with Crippen LogP contribution in [0.3, 0.4) is 0 Å². The van der Waals surface area contributed by atoms with Crippen LogP contribution in [0.25, 0.3) is 11.0 Å². The number of nitrogens with one attached hydrogen (secondary N) is 1. The highest BCUT2D eigenvalue weighted by atomic mass is 16.5. The first kappa shape index (κ1) is 19.2. The summed E-state index contributed by atoms with van der Waals surface area (Å²) in [4.78, 5) is 28.0. The van der Waals surface area contributed by atoms with Crippen LogP contribution in [-0.4, -0.2) is 27.4 Å². The largest absolute Gasteiger partial charge is 0.493 e. The second-order valence-corrected chi connectivity index (χ2v) is 6.91. The van der Waals surface area contributed by atoms with Gasteiger partial charge in [-0.3, -0.25) is 9.59 Å².